The van der Waals surface area contributed by atoms with E-state index >= 15 is 0 Å². The van der Waals surface area contributed by atoms with E-state index < -0.39 is 0 Å². The molecule has 4 heteroatoms. The predicted molar refractivity (Wildman–Crippen MR) is 164 cm³/mol. The first-order chi connectivity index (χ1) is 19.3. The van der Waals surface area contributed by atoms with E-state index in [2.05, 4.69) is 130 Å². The van der Waals surface area contributed by atoms with E-state index in [9.17, 15) is 0 Å². The summed E-state index contributed by atoms with van der Waals surface area (Å²) >= 11 is 0. The van der Waals surface area contributed by atoms with Gasteiger partial charge in [-0.3, -0.25) is 9.98 Å². The summed E-state index contributed by atoms with van der Waals surface area (Å²) < 4.78 is 2.34. The van der Waals surface area contributed by atoms with Gasteiger partial charge in [0.25, 0.3) is 0 Å². The van der Waals surface area contributed by atoms with Crippen molar-refractivity contribution < 1.29 is 0 Å². The molecule has 0 radical (unpaired) electrons. The Morgan fingerprint density at radius 3 is 2.18 bits per heavy atom. The summed E-state index contributed by atoms with van der Waals surface area (Å²) in [5.74, 6) is 0. The molecule has 6 aromatic rings. The van der Waals surface area contributed by atoms with E-state index in [1.807, 2.05) is 25.3 Å². The molecular weight excluding hydrogens is 476 g/mol. The van der Waals surface area contributed by atoms with Crippen molar-refractivity contribution in [2.24, 2.45) is 4.99 Å². The van der Waals surface area contributed by atoms with Crippen molar-refractivity contribution in [2.75, 3.05) is 4.90 Å². The van der Waals surface area contributed by atoms with Crippen molar-refractivity contribution >= 4 is 45.6 Å². The van der Waals surface area contributed by atoms with Gasteiger partial charge in [0.15, 0.2) is 0 Å². The Labute approximate surface area is 227 Å². The molecule has 0 N–H and O–H groups in total. The lowest BCUT2D eigenvalue weighted by Crippen LogP contribution is -2.16. The molecule has 2 aromatic heterocycles. The van der Waals surface area contributed by atoms with E-state index in [1.165, 1.54) is 10.8 Å². The van der Waals surface area contributed by atoms with Crippen LogP contribution in [0.3, 0.4) is 0 Å². The largest absolute Gasteiger partial charge is 0.309 e. The van der Waals surface area contributed by atoms with Gasteiger partial charge in [-0.25, -0.2) is 0 Å². The number of benzene rings is 4. The summed E-state index contributed by atoms with van der Waals surface area (Å²) in [6.45, 7) is 6.08. The molecule has 0 fully saturated rings. The molecule has 4 nitrogen and oxygen atoms in total. The number of rotatable bonds is 4. The molecular formula is C35H26N4. The maximum Gasteiger partial charge on any atom is 0.0949 e. The first-order valence-electron chi connectivity index (χ1n) is 13.1. The first-order valence-corrected chi connectivity index (χ1v) is 13.1. The number of para-hydroxylation sites is 3. The smallest absolute Gasteiger partial charge is 0.0949 e. The molecule has 0 saturated heterocycles. The molecule has 186 valence electrons. The van der Waals surface area contributed by atoms with E-state index in [-0.39, 0.29) is 0 Å². The van der Waals surface area contributed by atoms with Crippen LogP contribution in [0.25, 0.3) is 44.4 Å². The van der Waals surface area contributed by atoms with Crippen LogP contribution in [-0.2, 0) is 0 Å². The minimum absolute atomic E-state index is 0.823. The van der Waals surface area contributed by atoms with Gasteiger partial charge in [0.05, 0.1) is 33.8 Å². The standard InChI is InChI=1S/C35H26N4/c1-3-13-31-34(36-2)28-22-27-26-18-10-11-19-30(26)38(24-14-6-4-7-15-24)33(27)23-29(28)35-32(20-12-21-37-35)39(31)25-16-8-5-9-17-25/h3-23H,2H2,1H3/b13-3-. The summed E-state index contributed by atoms with van der Waals surface area (Å²) in [7, 11) is 0. The minimum atomic E-state index is 0.823. The molecule has 1 aliphatic heterocycles. The number of nitrogens with zero attached hydrogens (tertiary/aromatic N) is 4. The fraction of sp³-hybridized carbons (Fsp3) is 0.0286. The third kappa shape index (κ3) is 3.53. The Bertz CT molecular complexity index is 1930. The Kier molecular flexibility index (Phi) is 5.45. The zero-order valence-electron chi connectivity index (χ0n) is 21.6. The highest BCUT2D eigenvalue weighted by molar-refractivity contribution is 6.12. The highest BCUT2D eigenvalue weighted by Crippen LogP contribution is 2.47. The van der Waals surface area contributed by atoms with Gasteiger partial charge in [-0.05, 0) is 74.3 Å². The summed E-state index contributed by atoms with van der Waals surface area (Å²) in [5.41, 5.74) is 10.2. The van der Waals surface area contributed by atoms with E-state index in [1.54, 1.807) is 0 Å². The maximum absolute atomic E-state index is 4.96. The first kappa shape index (κ1) is 22.9. The number of aromatic nitrogens is 2. The molecule has 0 saturated carbocycles. The van der Waals surface area contributed by atoms with E-state index in [0.29, 0.717) is 0 Å². The lowest BCUT2D eigenvalue weighted by Gasteiger charge is -2.27. The van der Waals surface area contributed by atoms with Crippen molar-refractivity contribution in [3.8, 4) is 16.9 Å². The molecule has 39 heavy (non-hydrogen) atoms. The maximum atomic E-state index is 4.96. The number of allylic oxidation sites excluding steroid dienone is 2. The SMILES string of the molecule is C=NC1=C(/C=C\C)N(c2ccccc2)c2cccnc2-c2cc3c(cc21)c1ccccc1n3-c1ccccc1. The second-order valence-electron chi connectivity index (χ2n) is 9.54. The average molecular weight is 503 g/mol. The fourth-order valence-electron chi connectivity index (χ4n) is 5.75. The van der Waals surface area contributed by atoms with Gasteiger partial charge in [-0.1, -0.05) is 60.7 Å². The Morgan fingerprint density at radius 1 is 0.718 bits per heavy atom. The second-order valence-corrected chi connectivity index (χ2v) is 9.54. The van der Waals surface area contributed by atoms with Crippen LogP contribution in [-0.4, -0.2) is 16.3 Å². The normalized spacial score (nSPS) is 13.1. The molecule has 4 aromatic carbocycles. The zero-order chi connectivity index (χ0) is 26.3. The van der Waals surface area contributed by atoms with Crippen LogP contribution in [0, 0.1) is 0 Å². The van der Waals surface area contributed by atoms with Crippen LogP contribution in [0.4, 0.5) is 11.4 Å². The Balaban J connectivity index is 1.66. The van der Waals surface area contributed by atoms with Crippen molar-refractivity contribution in [1.82, 2.24) is 9.55 Å². The minimum Gasteiger partial charge on any atom is -0.309 e. The topological polar surface area (TPSA) is 33.4 Å². The van der Waals surface area contributed by atoms with Gasteiger partial charge in [0.2, 0.25) is 0 Å². The van der Waals surface area contributed by atoms with Crippen LogP contribution in [0.5, 0.6) is 0 Å². The molecule has 0 atom stereocenters. The van der Waals surface area contributed by atoms with Gasteiger partial charge >= 0.3 is 0 Å². The quantitative estimate of drug-likeness (QED) is 0.225. The van der Waals surface area contributed by atoms with Crippen molar-refractivity contribution in [1.29, 1.82) is 0 Å². The molecule has 0 aliphatic carbocycles. The average Bonchev–Trinajstić information content (AvgIpc) is 3.26. The van der Waals surface area contributed by atoms with E-state index in [4.69, 9.17) is 4.98 Å². The summed E-state index contributed by atoms with van der Waals surface area (Å²) in [6.07, 6.45) is 6.03. The van der Waals surface area contributed by atoms with Gasteiger partial charge in [0.1, 0.15) is 0 Å². The van der Waals surface area contributed by atoms with Gasteiger partial charge < -0.3 is 9.47 Å². The van der Waals surface area contributed by atoms with Crippen LogP contribution in [0.15, 0.2) is 138 Å². The van der Waals surface area contributed by atoms with Crippen LogP contribution >= 0.6 is 0 Å². The molecule has 0 amide bonds. The van der Waals surface area contributed by atoms with Gasteiger partial charge in [-0.2, -0.15) is 0 Å². The van der Waals surface area contributed by atoms with Crippen LogP contribution in [0.1, 0.15) is 12.5 Å². The molecule has 3 heterocycles. The van der Waals surface area contributed by atoms with Gasteiger partial charge in [-0.15, -0.1) is 0 Å². The van der Waals surface area contributed by atoms with Crippen LogP contribution in [0.2, 0.25) is 0 Å². The lowest BCUT2D eigenvalue weighted by atomic mass is 9.97. The number of hydrogen-bond acceptors (Lipinski definition) is 3. The second kappa shape index (κ2) is 9.26. The lowest BCUT2D eigenvalue weighted by molar-refractivity contribution is 1.18. The van der Waals surface area contributed by atoms with Crippen molar-refractivity contribution in [3.05, 3.63) is 139 Å². The van der Waals surface area contributed by atoms with E-state index in [0.717, 1.165) is 56.3 Å². The van der Waals surface area contributed by atoms with Gasteiger partial charge in [0, 0.05) is 39.5 Å². The third-order valence-corrected chi connectivity index (χ3v) is 7.34. The fourth-order valence-corrected chi connectivity index (χ4v) is 5.75. The Morgan fingerprint density at radius 2 is 1.44 bits per heavy atom. The number of aliphatic imine (C=N–C) groups is 1. The summed E-state index contributed by atoms with van der Waals surface area (Å²) in [4.78, 5) is 11.9. The number of fused-ring (bicyclic) bond motifs is 6. The summed E-state index contributed by atoms with van der Waals surface area (Å²) in [6, 6.07) is 38.2. The molecule has 0 bridgehead atoms. The molecule has 1 aliphatic rings. The Hall–Kier alpha value is -5.22. The van der Waals surface area contributed by atoms with Crippen molar-refractivity contribution in [3.63, 3.8) is 0 Å². The van der Waals surface area contributed by atoms with Crippen LogP contribution < -0.4 is 4.90 Å². The summed E-state index contributed by atoms with van der Waals surface area (Å²) in [5, 5.41) is 2.36. The molecule has 0 unspecified atom stereocenters. The number of pyridine rings is 1. The molecule has 0 spiro atoms. The third-order valence-electron chi connectivity index (χ3n) is 7.34. The molecule has 7 rings (SSSR count). The highest BCUT2D eigenvalue weighted by Gasteiger charge is 2.29. The number of anilines is 2. The zero-order valence-corrected chi connectivity index (χ0v) is 21.6. The number of hydrogen-bond donors (Lipinski definition) is 0. The monoisotopic (exact) mass is 502 g/mol. The highest BCUT2D eigenvalue weighted by atomic mass is 15.2. The predicted octanol–water partition coefficient (Wildman–Crippen LogP) is 8.94. The van der Waals surface area contributed by atoms with Crippen molar-refractivity contribution in [2.45, 2.75) is 6.92 Å².